The van der Waals surface area contributed by atoms with Gasteiger partial charge in [0, 0.05) is 25.6 Å². The number of carbonyl (C=O) groups is 1. The van der Waals surface area contributed by atoms with Gasteiger partial charge in [-0.15, -0.1) is 0 Å². The molecule has 6 heteroatoms. The molecule has 2 aromatic rings. The molecule has 2 rings (SSSR count). The van der Waals surface area contributed by atoms with E-state index in [0.717, 1.165) is 17.5 Å². The summed E-state index contributed by atoms with van der Waals surface area (Å²) in [5.41, 5.74) is 1.35. The Morgan fingerprint density at radius 1 is 1.33 bits per heavy atom. The van der Waals surface area contributed by atoms with Gasteiger partial charge in [0.15, 0.2) is 0 Å². The summed E-state index contributed by atoms with van der Waals surface area (Å²) in [6.45, 7) is 10.5. The number of aromatic nitrogens is 2. The maximum atomic E-state index is 12.4. The normalized spacial score (nSPS) is 11.4. The minimum atomic E-state index is -0.507. The zero-order valence-corrected chi connectivity index (χ0v) is 15.0. The number of hydrogen-bond donors (Lipinski definition) is 0. The smallest absolute Gasteiger partial charge is 0.410 e. The molecule has 0 aliphatic carbocycles. The van der Waals surface area contributed by atoms with Crippen molar-refractivity contribution >= 4 is 6.09 Å². The first kappa shape index (κ1) is 18.0. The lowest BCUT2D eigenvalue weighted by Gasteiger charge is -2.27. The van der Waals surface area contributed by atoms with Crippen molar-refractivity contribution in [2.45, 2.75) is 53.2 Å². The topological polar surface area (TPSA) is 68.5 Å². The van der Waals surface area contributed by atoms with Crippen LogP contribution in [0, 0.1) is 6.92 Å². The van der Waals surface area contributed by atoms with Crippen molar-refractivity contribution < 1.29 is 14.1 Å². The number of nitrogens with zero attached hydrogens (tertiary/aromatic N) is 3. The van der Waals surface area contributed by atoms with Gasteiger partial charge in [-0.1, -0.05) is 30.3 Å². The molecular weight excluding hydrogens is 306 g/mol. The summed E-state index contributed by atoms with van der Waals surface area (Å²) in [6, 6.07) is 7.79. The summed E-state index contributed by atoms with van der Waals surface area (Å²) in [7, 11) is 0. The number of aryl methyl sites for hydroxylation is 1. The van der Waals surface area contributed by atoms with Crippen molar-refractivity contribution in [3.05, 3.63) is 35.7 Å². The summed E-state index contributed by atoms with van der Waals surface area (Å²) >= 11 is 0. The lowest BCUT2D eigenvalue weighted by atomic mass is 10.1. The Hall–Kier alpha value is -2.37. The Morgan fingerprint density at radius 2 is 2.08 bits per heavy atom. The fourth-order valence-corrected chi connectivity index (χ4v) is 2.28. The molecule has 0 aliphatic heterocycles. The molecule has 1 aromatic heterocycles. The Morgan fingerprint density at radius 3 is 2.67 bits per heavy atom. The second-order valence-corrected chi connectivity index (χ2v) is 6.74. The molecule has 0 N–H and O–H groups in total. The highest BCUT2D eigenvalue weighted by Crippen LogP contribution is 2.19. The number of hydrogen-bond acceptors (Lipinski definition) is 5. The number of carbonyl (C=O) groups excluding carboxylic acids is 1. The second kappa shape index (κ2) is 7.47. The molecule has 1 heterocycles. The average Bonchev–Trinajstić information content (AvgIpc) is 2.92. The van der Waals surface area contributed by atoms with E-state index in [2.05, 4.69) is 10.1 Å². The molecule has 1 aromatic carbocycles. The number of rotatable bonds is 5. The van der Waals surface area contributed by atoms with E-state index in [0.29, 0.717) is 24.8 Å². The van der Waals surface area contributed by atoms with Gasteiger partial charge in [-0.25, -0.2) is 4.79 Å². The quantitative estimate of drug-likeness (QED) is 0.821. The molecular formula is C18H25N3O3. The second-order valence-electron chi connectivity index (χ2n) is 6.74. The van der Waals surface area contributed by atoms with E-state index in [1.54, 1.807) is 11.8 Å². The van der Waals surface area contributed by atoms with Crippen LogP contribution in [-0.4, -0.2) is 33.3 Å². The molecule has 0 radical (unpaired) electrons. The zero-order chi connectivity index (χ0) is 17.7. The zero-order valence-electron chi connectivity index (χ0n) is 15.0. The van der Waals surface area contributed by atoms with Crippen molar-refractivity contribution in [3.8, 4) is 11.4 Å². The largest absolute Gasteiger partial charge is 0.444 e. The Labute approximate surface area is 142 Å². The average molecular weight is 331 g/mol. The SMILES string of the molecule is CCCN(Cc1cccc(-c2noc(C)n2)c1)C(=O)OC(C)(C)C. The van der Waals surface area contributed by atoms with E-state index >= 15 is 0 Å². The third kappa shape index (κ3) is 5.08. The minimum Gasteiger partial charge on any atom is -0.444 e. The van der Waals surface area contributed by atoms with Gasteiger partial charge in [0.05, 0.1) is 0 Å². The highest BCUT2D eigenvalue weighted by atomic mass is 16.6. The molecule has 0 aliphatic rings. The molecule has 0 spiro atoms. The number of ether oxygens (including phenoxy) is 1. The lowest BCUT2D eigenvalue weighted by molar-refractivity contribution is 0.0233. The van der Waals surface area contributed by atoms with Crippen LogP contribution in [0.4, 0.5) is 4.79 Å². The standard InChI is InChI=1S/C18H25N3O3/c1-6-10-21(17(22)23-18(3,4)5)12-14-8-7-9-15(11-14)16-19-13(2)24-20-16/h7-9,11H,6,10,12H2,1-5H3. The Kier molecular flexibility index (Phi) is 5.59. The predicted molar refractivity (Wildman–Crippen MR) is 91.4 cm³/mol. The summed E-state index contributed by atoms with van der Waals surface area (Å²) < 4.78 is 10.5. The number of amides is 1. The highest BCUT2D eigenvalue weighted by Gasteiger charge is 2.22. The van der Waals surface area contributed by atoms with Crippen LogP contribution in [0.3, 0.4) is 0 Å². The third-order valence-corrected chi connectivity index (χ3v) is 3.23. The first-order chi connectivity index (χ1) is 11.3. The van der Waals surface area contributed by atoms with Crippen LogP contribution >= 0.6 is 0 Å². The van der Waals surface area contributed by atoms with Crippen LogP contribution in [0.15, 0.2) is 28.8 Å². The first-order valence-corrected chi connectivity index (χ1v) is 8.16. The van der Waals surface area contributed by atoms with Crippen molar-refractivity contribution in [2.24, 2.45) is 0 Å². The predicted octanol–water partition coefficient (Wildman–Crippen LogP) is 4.19. The monoisotopic (exact) mass is 331 g/mol. The minimum absolute atomic E-state index is 0.301. The highest BCUT2D eigenvalue weighted by molar-refractivity contribution is 5.68. The maximum Gasteiger partial charge on any atom is 0.410 e. The van der Waals surface area contributed by atoms with Crippen LogP contribution in [0.25, 0.3) is 11.4 Å². The molecule has 0 fully saturated rings. The lowest BCUT2D eigenvalue weighted by Crippen LogP contribution is -2.36. The molecule has 0 saturated carbocycles. The van der Waals surface area contributed by atoms with E-state index in [1.807, 2.05) is 52.0 Å². The molecule has 0 unspecified atom stereocenters. The maximum absolute atomic E-state index is 12.4. The van der Waals surface area contributed by atoms with Gasteiger partial charge < -0.3 is 14.2 Å². The molecule has 0 saturated heterocycles. The Balaban J connectivity index is 2.16. The van der Waals surface area contributed by atoms with E-state index in [-0.39, 0.29) is 6.09 Å². The first-order valence-electron chi connectivity index (χ1n) is 8.16. The third-order valence-electron chi connectivity index (χ3n) is 3.23. The molecule has 1 amide bonds. The van der Waals surface area contributed by atoms with Crippen molar-refractivity contribution in [3.63, 3.8) is 0 Å². The van der Waals surface area contributed by atoms with Crippen LogP contribution in [0.2, 0.25) is 0 Å². The summed E-state index contributed by atoms with van der Waals surface area (Å²) in [4.78, 5) is 18.3. The van der Waals surface area contributed by atoms with Crippen molar-refractivity contribution in [1.29, 1.82) is 0 Å². The Bertz CT molecular complexity index is 689. The molecule has 0 atom stereocenters. The van der Waals surface area contributed by atoms with Crippen molar-refractivity contribution in [1.82, 2.24) is 15.0 Å². The van der Waals surface area contributed by atoms with Gasteiger partial charge in [0.25, 0.3) is 0 Å². The summed E-state index contributed by atoms with van der Waals surface area (Å²) in [6.07, 6.45) is 0.563. The van der Waals surface area contributed by atoms with E-state index in [9.17, 15) is 4.79 Å². The molecule has 130 valence electrons. The van der Waals surface area contributed by atoms with E-state index in [4.69, 9.17) is 9.26 Å². The summed E-state index contributed by atoms with van der Waals surface area (Å²) in [5, 5.41) is 3.93. The van der Waals surface area contributed by atoms with Gasteiger partial charge >= 0.3 is 6.09 Å². The van der Waals surface area contributed by atoms with Gasteiger partial charge in [-0.05, 0) is 38.8 Å². The van der Waals surface area contributed by atoms with Crippen LogP contribution in [0.1, 0.15) is 45.6 Å². The van der Waals surface area contributed by atoms with Crippen LogP contribution in [0.5, 0.6) is 0 Å². The van der Waals surface area contributed by atoms with E-state index in [1.165, 1.54) is 0 Å². The fraction of sp³-hybridized carbons (Fsp3) is 0.500. The van der Waals surface area contributed by atoms with Gasteiger partial charge in [0.1, 0.15) is 5.60 Å². The van der Waals surface area contributed by atoms with Crippen LogP contribution in [-0.2, 0) is 11.3 Å². The number of benzene rings is 1. The molecule has 6 nitrogen and oxygen atoms in total. The fourth-order valence-electron chi connectivity index (χ4n) is 2.28. The van der Waals surface area contributed by atoms with E-state index < -0.39 is 5.60 Å². The van der Waals surface area contributed by atoms with Gasteiger partial charge in [-0.2, -0.15) is 4.98 Å². The molecule has 24 heavy (non-hydrogen) atoms. The summed E-state index contributed by atoms with van der Waals surface area (Å²) in [5.74, 6) is 1.07. The van der Waals surface area contributed by atoms with Crippen LogP contribution < -0.4 is 0 Å². The van der Waals surface area contributed by atoms with Crippen molar-refractivity contribution in [2.75, 3.05) is 6.54 Å². The van der Waals surface area contributed by atoms with Gasteiger partial charge in [-0.3, -0.25) is 0 Å². The van der Waals surface area contributed by atoms with Gasteiger partial charge in [0.2, 0.25) is 11.7 Å². The molecule has 0 bridgehead atoms.